The van der Waals surface area contributed by atoms with Crippen LogP contribution in [0, 0.1) is 0 Å². The molecule has 4 rings (SSSR count). The number of nitrogens with zero attached hydrogens (tertiary/aromatic N) is 6. The van der Waals surface area contributed by atoms with Gasteiger partial charge < -0.3 is 20.9 Å². The number of amides is 1. The van der Waals surface area contributed by atoms with Crippen molar-refractivity contribution in [3.05, 3.63) is 47.8 Å². The van der Waals surface area contributed by atoms with E-state index in [0.717, 1.165) is 29.3 Å². The molecule has 0 aliphatic carbocycles. The molecule has 3 aromatic rings. The number of carbonyl (C=O) groups is 1. The molecule has 0 radical (unpaired) electrons. The molecule has 1 amide bonds. The number of carbonyl (C=O) groups excluding carboxylic acids is 1. The summed E-state index contributed by atoms with van der Waals surface area (Å²) in [6, 6.07) is 10.3. The van der Waals surface area contributed by atoms with Gasteiger partial charge in [-0.1, -0.05) is 32.0 Å². The van der Waals surface area contributed by atoms with E-state index in [1.807, 2.05) is 29.3 Å². The fourth-order valence-electron chi connectivity index (χ4n) is 4.33. The molecule has 190 valence electrons. The summed E-state index contributed by atoms with van der Waals surface area (Å²) >= 11 is 0. The van der Waals surface area contributed by atoms with Crippen LogP contribution < -0.4 is 16.0 Å². The van der Waals surface area contributed by atoms with Gasteiger partial charge in [0.2, 0.25) is 11.9 Å². The van der Waals surface area contributed by atoms with Crippen molar-refractivity contribution in [1.82, 2.24) is 19.9 Å². The van der Waals surface area contributed by atoms with Crippen molar-refractivity contribution in [3.63, 3.8) is 0 Å². The fourth-order valence-corrected chi connectivity index (χ4v) is 4.33. The number of hydrogen-bond donors (Lipinski definition) is 2. The largest absolute Gasteiger partial charge is 0.394 e. The molecular formula is C27H36N8O. The van der Waals surface area contributed by atoms with Crippen LogP contribution in [0.4, 0.5) is 17.5 Å². The summed E-state index contributed by atoms with van der Waals surface area (Å²) < 4.78 is 0. The summed E-state index contributed by atoms with van der Waals surface area (Å²) in [7, 11) is 0. The molecule has 3 N–H and O–H groups in total. The molecule has 1 saturated heterocycles. The first-order valence-corrected chi connectivity index (χ1v) is 12.7. The number of para-hydroxylation sites is 1. The Morgan fingerprint density at radius 3 is 2.58 bits per heavy atom. The lowest BCUT2D eigenvalue weighted by molar-refractivity contribution is -0.129. The second-order valence-electron chi connectivity index (χ2n) is 9.24. The predicted octanol–water partition coefficient (Wildman–Crippen LogP) is 4.06. The average Bonchev–Trinajstić information content (AvgIpc) is 2.90. The standard InChI is InChI=1S/C27H36N8O/c1-5-22(6-2)29-17-24-25(28)26(33-27(32-24)35-13-11-34(12-14-35)19(4)36)31-18(3)21-15-20-9-7-8-10-23(20)30-16-21/h7-10,15-18,22H,5-6,11-14,28H2,1-4H3,(H,31,32,33)/t18-/m1/s1. The number of rotatable bonds is 8. The lowest BCUT2D eigenvalue weighted by Gasteiger charge is -2.34. The fraction of sp³-hybridized carbons (Fsp3) is 0.444. The van der Waals surface area contributed by atoms with Crippen LogP contribution in [-0.2, 0) is 4.79 Å². The van der Waals surface area contributed by atoms with Crippen LogP contribution in [0.25, 0.3) is 10.9 Å². The second kappa shape index (κ2) is 11.3. The molecule has 9 heteroatoms. The lowest BCUT2D eigenvalue weighted by Crippen LogP contribution is -2.48. The quantitative estimate of drug-likeness (QED) is 0.460. The van der Waals surface area contributed by atoms with Crippen LogP contribution in [0.3, 0.4) is 0 Å². The highest BCUT2D eigenvalue weighted by molar-refractivity contribution is 5.89. The number of pyridine rings is 1. The zero-order chi connectivity index (χ0) is 25.7. The van der Waals surface area contributed by atoms with Gasteiger partial charge in [0.05, 0.1) is 11.6 Å². The number of nitrogen functional groups attached to an aromatic ring is 1. The predicted molar refractivity (Wildman–Crippen MR) is 147 cm³/mol. The van der Waals surface area contributed by atoms with Crippen LogP contribution in [-0.4, -0.2) is 64.2 Å². The van der Waals surface area contributed by atoms with E-state index in [-0.39, 0.29) is 18.0 Å². The lowest BCUT2D eigenvalue weighted by atomic mass is 10.1. The molecule has 1 fully saturated rings. The van der Waals surface area contributed by atoms with Gasteiger partial charge in [0.1, 0.15) is 11.4 Å². The molecule has 0 bridgehead atoms. The van der Waals surface area contributed by atoms with Gasteiger partial charge in [0.15, 0.2) is 5.82 Å². The minimum atomic E-state index is -0.0782. The first kappa shape index (κ1) is 25.3. The van der Waals surface area contributed by atoms with Crippen molar-refractivity contribution >= 4 is 40.5 Å². The van der Waals surface area contributed by atoms with Crippen LogP contribution >= 0.6 is 0 Å². The number of aromatic nitrogens is 3. The third-order valence-corrected chi connectivity index (χ3v) is 6.79. The van der Waals surface area contributed by atoms with E-state index in [1.165, 1.54) is 0 Å². The van der Waals surface area contributed by atoms with E-state index in [2.05, 4.69) is 48.1 Å². The number of aliphatic imine (C=N–C) groups is 1. The maximum atomic E-state index is 11.8. The number of piperazine rings is 1. The molecule has 36 heavy (non-hydrogen) atoms. The second-order valence-corrected chi connectivity index (χ2v) is 9.24. The van der Waals surface area contributed by atoms with Crippen LogP contribution in [0.1, 0.15) is 57.8 Å². The van der Waals surface area contributed by atoms with Gasteiger partial charge >= 0.3 is 0 Å². The Labute approximate surface area is 212 Å². The monoisotopic (exact) mass is 488 g/mol. The molecule has 0 saturated carbocycles. The van der Waals surface area contributed by atoms with Crippen molar-refractivity contribution in [1.29, 1.82) is 0 Å². The SMILES string of the molecule is CCC(CC)N=Cc1nc(N2CCN(C(C)=O)CC2)nc(N[C@H](C)c2cnc3ccccc3c2)c1N. The van der Waals surface area contributed by atoms with Crippen molar-refractivity contribution in [2.75, 3.05) is 42.1 Å². The van der Waals surface area contributed by atoms with E-state index >= 15 is 0 Å². The Balaban J connectivity index is 1.64. The van der Waals surface area contributed by atoms with E-state index in [4.69, 9.17) is 20.7 Å². The van der Waals surface area contributed by atoms with Crippen LogP contribution in [0.2, 0.25) is 0 Å². The minimum Gasteiger partial charge on any atom is -0.394 e. The van der Waals surface area contributed by atoms with Gasteiger partial charge in [-0.05, 0) is 37.5 Å². The first-order valence-electron chi connectivity index (χ1n) is 12.7. The van der Waals surface area contributed by atoms with Gasteiger partial charge in [-0.15, -0.1) is 0 Å². The van der Waals surface area contributed by atoms with Gasteiger partial charge in [0, 0.05) is 56.9 Å². The summed E-state index contributed by atoms with van der Waals surface area (Å²) in [5.74, 6) is 1.25. The van der Waals surface area contributed by atoms with E-state index in [1.54, 1.807) is 13.1 Å². The molecule has 0 unspecified atom stereocenters. The van der Waals surface area contributed by atoms with Gasteiger partial charge in [-0.25, -0.2) is 4.98 Å². The molecule has 3 heterocycles. The molecule has 1 aliphatic heterocycles. The maximum absolute atomic E-state index is 11.8. The molecule has 1 aliphatic rings. The number of fused-ring (bicyclic) bond motifs is 1. The molecule has 2 aromatic heterocycles. The zero-order valence-electron chi connectivity index (χ0n) is 21.6. The van der Waals surface area contributed by atoms with E-state index < -0.39 is 0 Å². The Kier molecular flexibility index (Phi) is 7.97. The highest BCUT2D eigenvalue weighted by Crippen LogP contribution is 2.28. The molecular weight excluding hydrogens is 452 g/mol. The number of anilines is 3. The third-order valence-electron chi connectivity index (χ3n) is 6.79. The highest BCUT2D eigenvalue weighted by atomic mass is 16.2. The van der Waals surface area contributed by atoms with Crippen molar-refractivity contribution in [2.24, 2.45) is 4.99 Å². The van der Waals surface area contributed by atoms with Crippen molar-refractivity contribution < 1.29 is 4.79 Å². The van der Waals surface area contributed by atoms with Crippen molar-refractivity contribution in [2.45, 2.75) is 52.6 Å². The van der Waals surface area contributed by atoms with Gasteiger partial charge in [-0.3, -0.25) is 14.8 Å². The van der Waals surface area contributed by atoms with E-state index in [0.29, 0.717) is 49.3 Å². The summed E-state index contributed by atoms with van der Waals surface area (Å²) in [5, 5.41) is 4.57. The third kappa shape index (κ3) is 5.72. The van der Waals surface area contributed by atoms with Crippen LogP contribution in [0.5, 0.6) is 0 Å². The normalized spacial score (nSPS) is 15.1. The molecule has 0 spiro atoms. The Morgan fingerprint density at radius 2 is 1.89 bits per heavy atom. The minimum absolute atomic E-state index is 0.0782. The Bertz CT molecular complexity index is 1230. The number of nitrogens with one attached hydrogen (secondary N) is 1. The van der Waals surface area contributed by atoms with Crippen LogP contribution in [0.15, 0.2) is 41.5 Å². The van der Waals surface area contributed by atoms with E-state index in [9.17, 15) is 4.79 Å². The first-order chi connectivity index (χ1) is 17.4. The summed E-state index contributed by atoms with van der Waals surface area (Å²) in [4.78, 5) is 34.6. The summed E-state index contributed by atoms with van der Waals surface area (Å²) in [6.45, 7) is 10.5. The highest BCUT2D eigenvalue weighted by Gasteiger charge is 2.23. The van der Waals surface area contributed by atoms with Crippen molar-refractivity contribution in [3.8, 4) is 0 Å². The summed E-state index contributed by atoms with van der Waals surface area (Å²) in [6.07, 6.45) is 5.57. The molecule has 1 atom stereocenters. The summed E-state index contributed by atoms with van der Waals surface area (Å²) in [5.41, 5.74) is 9.63. The molecule has 9 nitrogen and oxygen atoms in total. The zero-order valence-corrected chi connectivity index (χ0v) is 21.6. The molecule has 1 aromatic carbocycles. The van der Waals surface area contributed by atoms with Gasteiger partial charge in [-0.2, -0.15) is 4.98 Å². The Hall–Kier alpha value is -3.75. The number of nitrogens with two attached hydrogens (primary N) is 1. The number of hydrogen-bond acceptors (Lipinski definition) is 8. The number of benzene rings is 1. The Morgan fingerprint density at radius 1 is 1.17 bits per heavy atom. The smallest absolute Gasteiger partial charge is 0.228 e. The average molecular weight is 489 g/mol. The maximum Gasteiger partial charge on any atom is 0.228 e. The topological polar surface area (TPSA) is 113 Å². The van der Waals surface area contributed by atoms with Gasteiger partial charge in [0.25, 0.3) is 0 Å².